The molecule has 4 rings (SSSR count). The molecular formula is C29H34ClFN4O. The van der Waals surface area contributed by atoms with Gasteiger partial charge in [0.15, 0.2) is 0 Å². The first kappa shape index (κ1) is 26.0. The average molecular weight is 509 g/mol. The number of allylic oxidation sites excluding steroid dienone is 4. The van der Waals surface area contributed by atoms with Crippen LogP contribution in [0.15, 0.2) is 60.0 Å². The molecule has 1 aliphatic heterocycles. The lowest BCUT2D eigenvalue weighted by Gasteiger charge is -2.34. The quantitative estimate of drug-likeness (QED) is 0.363. The van der Waals surface area contributed by atoms with Crippen LogP contribution in [0, 0.1) is 5.82 Å². The SMILES string of the molecule is CCc1nc2ccc(Cl)cn2c1C(=O)NCc1ccc(C2CCN(/C(C)=C/C=C(C)C)CC2)cc1F. The predicted molar refractivity (Wildman–Crippen MR) is 144 cm³/mol. The molecule has 0 spiro atoms. The Kier molecular flexibility index (Phi) is 8.14. The molecule has 1 fully saturated rings. The molecule has 1 amide bonds. The van der Waals surface area contributed by atoms with Gasteiger partial charge in [-0.15, -0.1) is 0 Å². The van der Waals surface area contributed by atoms with E-state index in [9.17, 15) is 4.79 Å². The van der Waals surface area contributed by atoms with Crippen molar-refractivity contribution in [2.75, 3.05) is 13.1 Å². The number of hydrogen-bond donors (Lipinski definition) is 1. The third-order valence-electron chi connectivity index (χ3n) is 6.84. The first-order valence-corrected chi connectivity index (χ1v) is 12.9. The Morgan fingerprint density at radius 3 is 2.58 bits per heavy atom. The van der Waals surface area contributed by atoms with Crippen molar-refractivity contribution in [2.24, 2.45) is 0 Å². The molecule has 2 aromatic heterocycles. The van der Waals surface area contributed by atoms with Gasteiger partial charge in [-0.1, -0.05) is 42.3 Å². The Bertz CT molecular complexity index is 1310. The summed E-state index contributed by atoms with van der Waals surface area (Å²) in [6, 6.07) is 8.96. The van der Waals surface area contributed by atoms with Crippen molar-refractivity contribution in [1.29, 1.82) is 0 Å². The maximum atomic E-state index is 15.0. The molecule has 3 heterocycles. The van der Waals surface area contributed by atoms with Crippen molar-refractivity contribution >= 4 is 23.2 Å². The van der Waals surface area contributed by atoms with Crippen molar-refractivity contribution in [3.8, 4) is 0 Å². The number of halogens is 2. The van der Waals surface area contributed by atoms with Gasteiger partial charge >= 0.3 is 0 Å². The summed E-state index contributed by atoms with van der Waals surface area (Å²) in [5, 5.41) is 3.38. The second-order valence-electron chi connectivity index (χ2n) is 9.68. The van der Waals surface area contributed by atoms with Crippen LogP contribution in [0.3, 0.4) is 0 Å². The number of aryl methyl sites for hydroxylation is 1. The highest BCUT2D eigenvalue weighted by molar-refractivity contribution is 6.30. The van der Waals surface area contributed by atoms with Crippen LogP contribution in [0.4, 0.5) is 4.39 Å². The van der Waals surface area contributed by atoms with Crippen molar-refractivity contribution in [1.82, 2.24) is 19.6 Å². The van der Waals surface area contributed by atoms with Crippen LogP contribution in [-0.2, 0) is 13.0 Å². The standard InChI is InChI=1S/C29H34ClFN4O/c1-5-26-28(35-18-24(30)10-11-27(35)33-26)29(36)32-17-23-9-8-22(16-25(23)31)21-12-14-34(15-13-21)20(4)7-6-19(2)3/h6-11,16,18,21H,5,12-15,17H2,1-4H3,(H,32,36)/b20-7+. The van der Waals surface area contributed by atoms with Gasteiger partial charge in [-0.25, -0.2) is 9.37 Å². The summed E-state index contributed by atoms with van der Waals surface area (Å²) in [6.45, 7) is 10.3. The van der Waals surface area contributed by atoms with Gasteiger partial charge in [-0.05, 0) is 75.8 Å². The number of carbonyl (C=O) groups excluding carboxylic acids is 1. The zero-order valence-corrected chi connectivity index (χ0v) is 22.2. The van der Waals surface area contributed by atoms with E-state index < -0.39 is 0 Å². The van der Waals surface area contributed by atoms with Crippen molar-refractivity contribution in [3.63, 3.8) is 0 Å². The summed E-state index contributed by atoms with van der Waals surface area (Å²) in [7, 11) is 0. The van der Waals surface area contributed by atoms with Crippen LogP contribution in [0.5, 0.6) is 0 Å². The Morgan fingerprint density at radius 1 is 1.17 bits per heavy atom. The number of amides is 1. The van der Waals surface area contributed by atoms with Crippen LogP contribution in [0.2, 0.25) is 5.02 Å². The number of nitrogens with one attached hydrogen (secondary N) is 1. The van der Waals surface area contributed by atoms with Gasteiger partial charge in [0.25, 0.3) is 5.91 Å². The topological polar surface area (TPSA) is 49.6 Å². The number of rotatable bonds is 7. The highest BCUT2D eigenvalue weighted by atomic mass is 35.5. The minimum absolute atomic E-state index is 0.106. The highest BCUT2D eigenvalue weighted by Crippen LogP contribution is 2.30. The fourth-order valence-electron chi connectivity index (χ4n) is 4.73. The molecule has 5 nitrogen and oxygen atoms in total. The van der Waals surface area contributed by atoms with Crippen LogP contribution < -0.4 is 5.32 Å². The van der Waals surface area contributed by atoms with E-state index in [2.05, 4.69) is 48.1 Å². The molecule has 1 saturated heterocycles. The summed E-state index contributed by atoms with van der Waals surface area (Å²) < 4.78 is 16.7. The molecule has 0 radical (unpaired) electrons. The minimum atomic E-state index is -0.297. The zero-order valence-electron chi connectivity index (χ0n) is 21.4. The lowest BCUT2D eigenvalue weighted by Crippen LogP contribution is -2.31. The van der Waals surface area contributed by atoms with E-state index in [4.69, 9.17) is 11.6 Å². The third-order valence-corrected chi connectivity index (χ3v) is 7.07. The number of carbonyl (C=O) groups is 1. The number of likely N-dealkylation sites (tertiary alicyclic amines) is 1. The fraction of sp³-hybridized carbons (Fsp3) is 0.379. The summed E-state index contributed by atoms with van der Waals surface area (Å²) in [4.78, 5) is 19.9. The maximum absolute atomic E-state index is 15.0. The Hall–Kier alpha value is -3.12. The molecule has 0 atom stereocenters. The number of pyridine rings is 1. The molecular weight excluding hydrogens is 475 g/mol. The number of aromatic nitrogens is 2. The van der Waals surface area contributed by atoms with E-state index in [0.29, 0.717) is 40.0 Å². The molecule has 1 aliphatic rings. The average Bonchev–Trinajstić information content (AvgIpc) is 3.24. The fourth-order valence-corrected chi connectivity index (χ4v) is 4.89. The molecule has 1 aromatic carbocycles. The molecule has 7 heteroatoms. The Labute approximate surface area is 217 Å². The number of hydrogen-bond acceptors (Lipinski definition) is 3. The van der Waals surface area contributed by atoms with E-state index >= 15 is 4.39 Å². The van der Waals surface area contributed by atoms with Crippen molar-refractivity contribution in [3.05, 3.63) is 93.3 Å². The van der Waals surface area contributed by atoms with Crippen LogP contribution in [0.1, 0.15) is 73.8 Å². The smallest absolute Gasteiger partial charge is 0.270 e. The Balaban J connectivity index is 1.40. The normalized spacial score (nSPS) is 14.8. The number of benzene rings is 1. The van der Waals surface area contributed by atoms with Gasteiger partial charge in [0.2, 0.25) is 0 Å². The predicted octanol–water partition coefficient (Wildman–Crippen LogP) is 6.67. The van der Waals surface area contributed by atoms with Crippen molar-refractivity contribution in [2.45, 2.75) is 59.4 Å². The number of fused-ring (bicyclic) bond motifs is 1. The molecule has 0 aliphatic carbocycles. The second-order valence-corrected chi connectivity index (χ2v) is 10.1. The van der Waals surface area contributed by atoms with Crippen LogP contribution >= 0.6 is 11.6 Å². The molecule has 190 valence electrons. The summed E-state index contributed by atoms with van der Waals surface area (Å²) in [5.41, 5.74) is 5.82. The van der Waals surface area contributed by atoms with Gasteiger partial charge in [-0.2, -0.15) is 0 Å². The van der Waals surface area contributed by atoms with Gasteiger partial charge in [0.05, 0.1) is 10.7 Å². The molecule has 1 N–H and O–H groups in total. The van der Waals surface area contributed by atoms with Gasteiger partial charge in [0.1, 0.15) is 17.2 Å². The number of piperidine rings is 1. The zero-order chi connectivity index (χ0) is 25.8. The van der Waals surface area contributed by atoms with E-state index in [1.165, 1.54) is 11.3 Å². The van der Waals surface area contributed by atoms with Crippen LogP contribution in [0.25, 0.3) is 5.65 Å². The van der Waals surface area contributed by atoms with E-state index in [-0.39, 0.29) is 18.3 Å². The van der Waals surface area contributed by atoms with Gasteiger partial charge in [-0.3, -0.25) is 9.20 Å². The lowest BCUT2D eigenvalue weighted by molar-refractivity contribution is 0.0943. The summed E-state index contributed by atoms with van der Waals surface area (Å²) in [6.07, 6.45) is 8.58. The monoisotopic (exact) mass is 508 g/mol. The van der Waals surface area contributed by atoms with Crippen molar-refractivity contribution < 1.29 is 9.18 Å². The number of nitrogens with zero attached hydrogens (tertiary/aromatic N) is 3. The highest BCUT2D eigenvalue weighted by Gasteiger charge is 2.22. The van der Waals surface area contributed by atoms with E-state index in [1.807, 2.05) is 13.0 Å². The first-order chi connectivity index (χ1) is 17.3. The molecule has 36 heavy (non-hydrogen) atoms. The summed E-state index contributed by atoms with van der Waals surface area (Å²) in [5.74, 6) is -0.244. The van der Waals surface area contributed by atoms with Crippen LogP contribution in [-0.4, -0.2) is 33.3 Å². The maximum Gasteiger partial charge on any atom is 0.270 e. The summed E-state index contributed by atoms with van der Waals surface area (Å²) >= 11 is 6.13. The first-order valence-electron chi connectivity index (χ1n) is 12.6. The Morgan fingerprint density at radius 2 is 1.92 bits per heavy atom. The van der Waals surface area contributed by atoms with Gasteiger partial charge in [0, 0.05) is 37.1 Å². The molecule has 0 saturated carbocycles. The molecule has 3 aromatic rings. The molecule has 0 bridgehead atoms. The lowest BCUT2D eigenvalue weighted by atomic mass is 9.88. The molecule has 0 unspecified atom stereocenters. The number of imidazole rings is 1. The second kappa shape index (κ2) is 11.3. The van der Waals surface area contributed by atoms with E-state index in [1.54, 1.807) is 34.9 Å². The largest absolute Gasteiger partial charge is 0.375 e. The third kappa shape index (κ3) is 5.81. The minimum Gasteiger partial charge on any atom is -0.375 e. The van der Waals surface area contributed by atoms with E-state index in [0.717, 1.165) is 31.5 Å². The van der Waals surface area contributed by atoms with Gasteiger partial charge < -0.3 is 10.2 Å².